The Labute approximate surface area is 85.3 Å². The summed E-state index contributed by atoms with van der Waals surface area (Å²) in [6, 6.07) is 0. The van der Waals surface area contributed by atoms with Gasteiger partial charge in [0.05, 0.1) is 0 Å². The van der Waals surface area contributed by atoms with Gasteiger partial charge in [-0.2, -0.15) is 0 Å². The Morgan fingerprint density at radius 3 is 2.86 bits per heavy atom. The SMILES string of the molecule is c1cn2c(n1)C(C1CCCCC1)CC2. The lowest BCUT2D eigenvalue weighted by atomic mass is 9.79. The zero-order valence-corrected chi connectivity index (χ0v) is 8.65. The van der Waals surface area contributed by atoms with Crippen LogP contribution in [-0.2, 0) is 6.54 Å². The van der Waals surface area contributed by atoms with Crippen LogP contribution in [0, 0.1) is 5.92 Å². The summed E-state index contributed by atoms with van der Waals surface area (Å²) in [7, 11) is 0. The van der Waals surface area contributed by atoms with E-state index in [1.54, 1.807) is 0 Å². The first-order chi connectivity index (χ1) is 6.95. The molecule has 2 heterocycles. The van der Waals surface area contributed by atoms with E-state index in [0.717, 1.165) is 11.8 Å². The van der Waals surface area contributed by atoms with Crippen molar-refractivity contribution in [3.05, 3.63) is 18.2 Å². The van der Waals surface area contributed by atoms with Crippen LogP contribution in [0.1, 0.15) is 50.3 Å². The number of fused-ring (bicyclic) bond motifs is 1. The summed E-state index contributed by atoms with van der Waals surface area (Å²) in [6.45, 7) is 1.20. The molecule has 1 saturated carbocycles. The second-order valence-electron chi connectivity index (χ2n) is 4.77. The predicted molar refractivity (Wildman–Crippen MR) is 56.2 cm³/mol. The van der Waals surface area contributed by atoms with Crippen LogP contribution >= 0.6 is 0 Å². The van der Waals surface area contributed by atoms with Crippen LogP contribution in [0.15, 0.2) is 12.4 Å². The van der Waals surface area contributed by atoms with Gasteiger partial charge >= 0.3 is 0 Å². The fourth-order valence-corrected chi connectivity index (χ4v) is 3.23. The van der Waals surface area contributed by atoms with E-state index in [4.69, 9.17) is 0 Å². The molecule has 1 aromatic rings. The maximum Gasteiger partial charge on any atom is 0.112 e. The summed E-state index contributed by atoms with van der Waals surface area (Å²) in [6.07, 6.45) is 12.7. The number of hydrogen-bond acceptors (Lipinski definition) is 1. The van der Waals surface area contributed by atoms with Crippen molar-refractivity contribution in [2.75, 3.05) is 0 Å². The van der Waals surface area contributed by atoms with E-state index in [0.29, 0.717) is 0 Å². The molecule has 0 spiro atoms. The summed E-state index contributed by atoms with van der Waals surface area (Å²) >= 11 is 0. The molecule has 1 fully saturated rings. The van der Waals surface area contributed by atoms with Gasteiger partial charge in [0.2, 0.25) is 0 Å². The standard InChI is InChI=1S/C12H18N2/c1-2-4-10(5-3-1)11-6-8-14-9-7-13-12(11)14/h7,9-11H,1-6,8H2. The molecule has 1 unspecified atom stereocenters. The summed E-state index contributed by atoms with van der Waals surface area (Å²) in [5, 5.41) is 0. The number of hydrogen-bond donors (Lipinski definition) is 0. The average molecular weight is 190 g/mol. The zero-order chi connectivity index (χ0) is 9.38. The minimum absolute atomic E-state index is 0.783. The van der Waals surface area contributed by atoms with Gasteiger partial charge in [0.15, 0.2) is 0 Å². The second kappa shape index (κ2) is 3.41. The lowest BCUT2D eigenvalue weighted by Gasteiger charge is -2.26. The van der Waals surface area contributed by atoms with E-state index in [9.17, 15) is 0 Å². The lowest BCUT2D eigenvalue weighted by Crippen LogP contribution is -2.14. The third-order valence-corrected chi connectivity index (χ3v) is 3.98. The van der Waals surface area contributed by atoms with Crippen LogP contribution in [0.2, 0.25) is 0 Å². The summed E-state index contributed by atoms with van der Waals surface area (Å²) < 4.78 is 2.35. The van der Waals surface area contributed by atoms with Gasteiger partial charge in [0.25, 0.3) is 0 Å². The van der Waals surface area contributed by atoms with E-state index in [1.807, 2.05) is 6.20 Å². The van der Waals surface area contributed by atoms with Gasteiger partial charge in [-0.1, -0.05) is 19.3 Å². The highest BCUT2D eigenvalue weighted by Gasteiger charge is 2.31. The van der Waals surface area contributed by atoms with Crippen LogP contribution in [-0.4, -0.2) is 9.55 Å². The molecule has 2 aliphatic rings. The van der Waals surface area contributed by atoms with Crippen LogP contribution in [0.4, 0.5) is 0 Å². The number of aromatic nitrogens is 2. The Hall–Kier alpha value is -0.790. The van der Waals surface area contributed by atoms with E-state index in [2.05, 4.69) is 15.7 Å². The van der Waals surface area contributed by atoms with Crippen LogP contribution in [0.25, 0.3) is 0 Å². The topological polar surface area (TPSA) is 17.8 Å². The molecule has 1 aromatic heterocycles. The van der Waals surface area contributed by atoms with Gasteiger partial charge in [0, 0.05) is 24.9 Å². The Bertz CT molecular complexity index is 310. The van der Waals surface area contributed by atoms with Crippen molar-refractivity contribution < 1.29 is 0 Å². The smallest absolute Gasteiger partial charge is 0.112 e. The molecule has 1 aliphatic heterocycles. The molecular formula is C12H18N2. The van der Waals surface area contributed by atoms with Crippen LogP contribution in [0.5, 0.6) is 0 Å². The fourth-order valence-electron chi connectivity index (χ4n) is 3.23. The fraction of sp³-hybridized carbons (Fsp3) is 0.750. The molecule has 0 radical (unpaired) electrons. The predicted octanol–water partition coefficient (Wildman–Crippen LogP) is 2.95. The molecule has 0 saturated heterocycles. The van der Waals surface area contributed by atoms with Crippen LogP contribution < -0.4 is 0 Å². The minimum atomic E-state index is 0.783. The molecule has 2 nitrogen and oxygen atoms in total. The molecule has 0 amide bonds. The van der Waals surface area contributed by atoms with E-state index >= 15 is 0 Å². The monoisotopic (exact) mass is 190 g/mol. The van der Waals surface area contributed by atoms with Gasteiger partial charge in [0.1, 0.15) is 5.82 Å². The second-order valence-corrected chi connectivity index (χ2v) is 4.77. The molecule has 3 rings (SSSR count). The highest BCUT2D eigenvalue weighted by Crippen LogP contribution is 2.40. The number of nitrogens with zero attached hydrogens (tertiary/aromatic N) is 2. The highest BCUT2D eigenvalue weighted by atomic mass is 15.1. The summed E-state index contributed by atoms with van der Waals surface area (Å²) in [4.78, 5) is 4.52. The van der Waals surface area contributed by atoms with Crippen LogP contribution in [0.3, 0.4) is 0 Å². The first-order valence-corrected chi connectivity index (χ1v) is 5.96. The molecular weight excluding hydrogens is 172 g/mol. The normalized spacial score (nSPS) is 27.9. The average Bonchev–Trinajstić information content (AvgIpc) is 2.79. The molecule has 2 heteroatoms. The van der Waals surface area contributed by atoms with Gasteiger partial charge in [-0.25, -0.2) is 4.98 Å². The van der Waals surface area contributed by atoms with E-state index < -0.39 is 0 Å². The van der Waals surface area contributed by atoms with Gasteiger partial charge in [-0.15, -0.1) is 0 Å². The maximum atomic E-state index is 4.52. The first-order valence-electron chi connectivity index (χ1n) is 5.96. The van der Waals surface area contributed by atoms with Gasteiger partial charge in [-0.05, 0) is 25.2 Å². The molecule has 76 valence electrons. The number of aryl methyl sites for hydroxylation is 1. The van der Waals surface area contributed by atoms with Gasteiger partial charge < -0.3 is 4.57 Å². The molecule has 1 atom stereocenters. The van der Waals surface area contributed by atoms with Crippen molar-refractivity contribution in [2.24, 2.45) is 5.92 Å². The Morgan fingerprint density at radius 2 is 2.00 bits per heavy atom. The maximum absolute atomic E-state index is 4.52. The first kappa shape index (κ1) is 8.51. The van der Waals surface area contributed by atoms with E-state index in [1.165, 1.54) is 50.9 Å². The molecule has 0 N–H and O–H groups in total. The largest absolute Gasteiger partial charge is 0.335 e. The van der Waals surface area contributed by atoms with Gasteiger partial charge in [-0.3, -0.25) is 0 Å². The quantitative estimate of drug-likeness (QED) is 0.665. The minimum Gasteiger partial charge on any atom is -0.335 e. The third-order valence-electron chi connectivity index (χ3n) is 3.98. The summed E-state index contributed by atoms with van der Waals surface area (Å²) in [5.74, 6) is 3.09. The molecule has 0 aromatic carbocycles. The summed E-state index contributed by atoms with van der Waals surface area (Å²) in [5.41, 5.74) is 0. The highest BCUT2D eigenvalue weighted by molar-refractivity contribution is 5.07. The Morgan fingerprint density at radius 1 is 1.14 bits per heavy atom. The Kier molecular flexibility index (Phi) is 2.07. The molecule has 14 heavy (non-hydrogen) atoms. The lowest BCUT2D eigenvalue weighted by molar-refractivity contribution is 0.300. The molecule has 0 bridgehead atoms. The van der Waals surface area contributed by atoms with Crippen molar-refractivity contribution >= 4 is 0 Å². The third kappa shape index (κ3) is 1.28. The number of rotatable bonds is 1. The van der Waals surface area contributed by atoms with Crippen molar-refractivity contribution in [1.82, 2.24) is 9.55 Å². The van der Waals surface area contributed by atoms with Crippen molar-refractivity contribution in [1.29, 1.82) is 0 Å². The van der Waals surface area contributed by atoms with Crippen molar-refractivity contribution in [3.63, 3.8) is 0 Å². The molecule has 1 aliphatic carbocycles. The van der Waals surface area contributed by atoms with E-state index in [-0.39, 0.29) is 0 Å². The zero-order valence-electron chi connectivity index (χ0n) is 8.65. The Balaban J connectivity index is 1.80. The van der Waals surface area contributed by atoms with Crippen molar-refractivity contribution in [3.8, 4) is 0 Å². The van der Waals surface area contributed by atoms with Crippen molar-refractivity contribution in [2.45, 2.75) is 51.0 Å². The number of imidazole rings is 1.